The molecule has 0 atom stereocenters. The molecule has 0 bridgehead atoms. The SMILES string of the molecule is Cc1nc(Br)ccc1NC(=O)c1cccc(Br)c1. The number of nitrogens with zero attached hydrogens (tertiary/aromatic N) is 1. The van der Waals surface area contributed by atoms with Gasteiger partial charge in [-0.3, -0.25) is 4.79 Å². The molecule has 1 N–H and O–H groups in total. The van der Waals surface area contributed by atoms with E-state index in [1.165, 1.54) is 0 Å². The lowest BCUT2D eigenvalue weighted by molar-refractivity contribution is 0.102. The lowest BCUT2D eigenvalue weighted by Crippen LogP contribution is -2.13. The normalized spacial score (nSPS) is 10.2. The zero-order valence-corrected chi connectivity index (χ0v) is 12.7. The lowest BCUT2D eigenvalue weighted by atomic mass is 10.2. The maximum Gasteiger partial charge on any atom is 0.255 e. The molecule has 0 aliphatic heterocycles. The van der Waals surface area contributed by atoms with Crippen LogP contribution in [0.5, 0.6) is 0 Å². The summed E-state index contributed by atoms with van der Waals surface area (Å²) in [7, 11) is 0. The lowest BCUT2D eigenvalue weighted by Gasteiger charge is -2.08. The molecular weight excluding hydrogens is 360 g/mol. The molecule has 0 radical (unpaired) electrons. The first-order valence-electron chi connectivity index (χ1n) is 5.26. The molecule has 2 aromatic rings. The van der Waals surface area contributed by atoms with Crippen LogP contribution < -0.4 is 5.32 Å². The third-order valence-corrected chi connectivity index (χ3v) is 3.32. The van der Waals surface area contributed by atoms with E-state index in [9.17, 15) is 4.79 Å². The highest BCUT2D eigenvalue weighted by molar-refractivity contribution is 9.10. The molecule has 0 spiro atoms. The number of hydrogen-bond donors (Lipinski definition) is 1. The molecule has 1 amide bonds. The molecule has 0 unspecified atom stereocenters. The molecule has 1 aromatic heterocycles. The quantitative estimate of drug-likeness (QED) is 0.807. The summed E-state index contributed by atoms with van der Waals surface area (Å²) in [5.74, 6) is -0.150. The average molecular weight is 370 g/mol. The molecule has 18 heavy (non-hydrogen) atoms. The van der Waals surface area contributed by atoms with Crippen molar-refractivity contribution < 1.29 is 4.79 Å². The molecular formula is C13H10Br2N2O. The second-order valence-electron chi connectivity index (χ2n) is 3.73. The highest BCUT2D eigenvalue weighted by Crippen LogP contribution is 2.18. The minimum absolute atomic E-state index is 0.150. The van der Waals surface area contributed by atoms with Gasteiger partial charge in [-0.25, -0.2) is 4.98 Å². The average Bonchev–Trinajstić information content (AvgIpc) is 2.32. The van der Waals surface area contributed by atoms with Crippen molar-refractivity contribution >= 4 is 43.5 Å². The van der Waals surface area contributed by atoms with Crippen molar-refractivity contribution in [1.29, 1.82) is 0 Å². The third kappa shape index (κ3) is 3.17. The molecule has 0 fully saturated rings. The zero-order chi connectivity index (χ0) is 13.1. The summed E-state index contributed by atoms with van der Waals surface area (Å²) in [5, 5.41) is 2.84. The first-order chi connectivity index (χ1) is 8.56. The number of rotatable bonds is 2. The monoisotopic (exact) mass is 368 g/mol. The van der Waals surface area contributed by atoms with Gasteiger partial charge in [-0.2, -0.15) is 0 Å². The molecule has 5 heteroatoms. The number of carbonyl (C=O) groups excluding carboxylic acids is 1. The third-order valence-electron chi connectivity index (χ3n) is 2.39. The molecule has 0 aliphatic carbocycles. The van der Waals surface area contributed by atoms with Crippen molar-refractivity contribution in [2.45, 2.75) is 6.92 Å². The summed E-state index contributed by atoms with van der Waals surface area (Å²) in [4.78, 5) is 16.3. The Labute approximate surface area is 122 Å². The van der Waals surface area contributed by atoms with Crippen LogP contribution in [0.4, 0.5) is 5.69 Å². The van der Waals surface area contributed by atoms with Gasteiger partial charge in [0.25, 0.3) is 5.91 Å². The maximum atomic E-state index is 12.0. The van der Waals surface area contributed by atoms with E-state index in [4.69, 9.17) is 0 Å². The van der Waals surface area contributed by atoms with Gasteiger partial charge in [-0.15, -0.1) is 0 Å². The van der Waals surface area contributed by atoms with Crippen molar-refractivity contribution in [2.24, 2.45) is 0 Å². The number of carbonyl (C=O) groups is 1. The Bertz CT molecular complexity index is 599. The van der Waals surface area contributed by atoms with Crippen molar-refractivity contribution in [1.82, 2.24) is 4.98 Å². The number of hydrogen-bond acceptors (Lipinski definition) is 2. The maximum absolute atomic E-state index is 12.0. The van der Waals surface area contributed by atoms with Gasteiger partial charge in [-0.05, 0) is 53.2 Å². The van der Waals surface area contributed by atoms with Crippen molar-refractivity contribution in [3.8, 4) is 0 Å². The Kier molecular flexibility index (Phi) is 4.14. The van der Waals surface area contributed by atoms with Gasteiger partial charge in [0.15, 0.2) is 0 Å². The van der Waals surface area contributed by atoms with Crippen molar-refractivity contribution in [2.75, 3.05) is 5.32 Å². The van der Waals surface area contributed by atoms with Crippen LogP contribution >= 0.6 is 31.9 Å². The Balaban J connectivity index is 2.21. The molecule has 0 saturated heterocycles. The number of nitrogens with one attached hydrogen (secondary N) is 1. The van der Waals surface area contributed by atoms with Crippen molar-refractivity contribution in [3.63, 3.8) is 0 Å². The van der Waals surface area contributed by atoms with Gasteiger partial charge < -0.3 is 5.32 Å². The summed E-state index contributed by atoms with van der Waals surface area (Å²) >= 11 is 6.63. The summed E-state index contributed by atoms with van der Waals surface area (Å²) in [6.07, 6.45) is 0. The van der Waals surface area contributed by atoms with Gasteiger partial charge >= 0.3 is 0 Å². The first-order valence-corrected chi connectivity index (χ1v) is 6.85. The van der Waals surface area contributed by atoms with Crippen LogP contribution in [0.2, 0.25) is 0 Å². The predicted molar refractivity (Wildman–Crippen MR) is 78.8 cm³/mol. The van der Waals surface area contributed by atoms with Gasteiger partial charge in [0.2, 0.25) is 0 Å². The number of anilines is 1. The largest absolute Gasteiger partial charge is 0.320 e. The van der Waals surface area contributed by atoms with Gasteiger partial charge in [-0.1, -0.05) is 22.0 Å². The van der Waals surface area contributed by atoms with E-state index in [1.807, 2.05) is 25.1 Å². The Hall–Kier alpha value is -1.20. The minimum atomic E-state index is -0.150. The number of aryl methyl sites for hydroxylation is 1. The number of aromatic nitrogens is 1. The van der Waals surface area contributed by atoms with Crippen LogP contribution in [0, 0.1) is 6.92 Å². The molecule has 92 valence electrons. The second-order valence-corrected chi connectivity index (χ2v) is 5.46. The molecule has 2 rings (SSSR count). The fourth-order valence-electron chi connectivity index (χ4n) is 1.49. The van der Waals surface area contributed by atoms with E-state index in [2.05, 4.69) is 42.2 Å². The fraction of sp³-hybridized carbons (Fsp3) is 0.0769. The Morgan fingerprint density at radius 3 is 2.67 bits per heavy atom. The van der Waals surface area contributed by atoms with E-state index < -0.39 is 0 Å². The van der Waals surface area contributed by atoms with Crippen molar-refractivity contribution in [3.05, 3.63) is 56.7 Å². The molecule has 0 saturated carbocycles. The van der Waals surface area contributed by atoms with Crippen LogP contribution in [-0.2, 0) is 0 Å². The smallest absolute Gasteiger partial charge is 0.255 e. The van der Waals surface area contributed by atoms with Crippen LogP contribution in [0.15, 0.2) is 45.5 Å². The summed E-state index contributed by atoms with van der Waals surface area (Å²) < 4.78 is 1.63. The van der Waals surface area contributed by atoms with Gasteiger partial charge in [0, 0.05) is 10.0 Å². The summed E-state index contributed by atoms with van der Waals surface area (Å²) in [6, 6.07) is 10.9. The van der Waals surface area contributed by atoms with Crippen LogP contribution in [0.25, 0.3) is 0 Å². The zero-order valence-electron chi connectivity index (χ0n) is 9.58. The van der Waals surface area contributed by atoms with E-state index in [-0.39, 0.29) is 5.91 Å². The van der Waals surface area contributed by atoms with Gasteiger partial charge in [0.05, 0.1) is 11.4 Å². The highest BCUT2D eigenvalue weighted by Gasteiger charge is 2.08. The Morgan fingerprint density at radius 2 is 2.00 bits per heavy atom. The predicted octanol–water partition coefficient (Wildman–Crippen LogP) is 4.17. The molecule has 1 heterocycles. The van der Waals surface area contributed by atoms with Gasteiger partial charge in [0.1, 0.15) is 4.60 Å². The van der Waals surface area contributed by atoms with Crippen LogP contribution in [0.1, 0.15) is 16.1 Å². The van der Waals surface area contributed by atoms with E-state index in [1.54, 1.807) is 18.2 Å². The minimum Gasteiger partial charge on any atom is -0.320 e. The second kappa shape index (κ2) is 5.63. The van der Waals surface area contributed by atoms with E-state index in [0.717, 1.165) is 14.8 Å². The van der Waals surface area contributed by atoms with E-state index >= 15 is 0 Å². The molecule has 1 aromatic carbocycles. The Morgan fingerprint density at radius 1 is 1.22 bits per heavy atom. The topological polar surface area (TPSA) is 42.0 Å². The van der Waals surface area contributed by atoms with Crippen LogP contribution in [-0.4, -0.2) is 10.9 Å². The molecule has 0 aliphatic rings. The molecule has 3 nitrogen and oxygen atoms in total. The highest BCUT2D eigenvalue weighted by atomic mass is 79.9. The van der Waals surface area contributed by atoms with Crippen LogP contribution in [0.3, 0.4) is 0 Å². The first kappa shape index (κ1) is 13.2. The number of benzene rings is 1. The number of pyridine rings is 1. The fourth-order valence-corrected chi connectivity index (χ4v) is 2.28. The standard InChI is InChI=1S/C13H10Br2N2O/c1-8-11(5-6-12(15)16-8)17-13(18)9-3-2-4-10(14)7-9/h2-7H,1H3,(H,17,18). The summed E-state index contributed by atoms with van der Waals surface area (Å²) in [5.41, 5.74) is 2.09. The number of halogens is 2. The summed E-state index contributed by atoms with van der Waals surface area (Å²) in [6.45, 7) is 1.85. The van der Waals surface area contributed by atoms with E-state index in [0.29, 0.717) is 11.3 Å². The number of amides is 1.